The Morgan fingerprint density at radius 1 is 1.33 bits per heavy atom. The molecule has 0 amide bonds. The highest BCUT2D eigenvalue weighted by Gasteiger charge is 2.16. The maximum atomic E-state index is 11.5. The van der Waals surface area contributed by atoms with Crippen molar-refractivity contribution >= 4 is 23.7 Å². The third-order valence-corrected chi connectivity index (χ3v) is 2.83. The smallest absolute Gasteiger partial charge is 0.335 e. The number of carboxylic acids is 1. The molecule has 1 aromatic rings. The van der Waals surface area contributed by atoms with Crippen LogP contribution in [-0.4, -0.2) is 28.4 Å². The van der Waals surface area contributed by atoms with Crippen LogP contribution < -0.4 is 0 Å². The highest BCUT2D eigenvalue weighted by Crippen LogP contribution is 2.20. The molecule has 0 saturated carbocycles. The normalized spacial score (nSPS) is 11.1. The lowest BCUT2D eigenvalue weighted by Crippen LogP contribution is -2.24. The molecule has 98 valence electrons. The van der Waals surface area contributed by atoms with Crippen molar-refractivity contribution in [2.45, 2.75) is 31.3 Å². The summed E-state index contributed by atoms with van der Waals surface area (Å²) in [5.41, 5.74) is -0.287. The van der Waals surface area contributed by atoms with Crippen molar-refractivity contribution in [2.75, 3.05) is 5.75 Å². The van der Waals surface area contributed by atoms with Gasteiger partial charge in [0.1, 0.15) is 5.60 Å². The summed E-state index contributed by atoms with van der Waals surface area (Å²) in [6, 6.07) is 6.47. The van der Waals surface area contributed by atoms with E-state index in [1.54, 1.807) is 32.9 Å². The van der Waals surface area contributed by atoms with Gasteiger partial charge in [0.05, 0.1) is 11.3 Å². The molecule has 0 saturated heterocycles. The van der Waals surface area contributed by atoms with Gasteiger partial charge < -0.3 is 9.84 Å². The van der Waals surface area contributed by atoms with E-state index in [2.05, 4.69) is 0 Å². The highest BCUT2D eigenvalue weighted by atomic mass is 32.2. The van der Waals surface area contributed by atoms with Gasteiger partial charge in [0, 0.05) is 4.90 Å². The molecule has 0 aliphatic rings. The molecule has 0 unspecified atom stereocenters. The van der Waals surface area contributed by atoms with E-state index in [-0.39, 0.29) is 17.3 Å². The maximum Gasteiger partial charge on any atom is 0.335 e. The average molecular weight is 268 g/mol. The number of hydrogen-bond donors (Lipinski definition) is 1. The van der Waals surface area contributed by atoms with Gasteiger partial charge >= 0.3 is 11.9 Å². The van der Waals surface area contributed by atoms with Crippen LogP contribution in [0.4, 0.5) is 0 Å². The van der Waals surface area contributed by atoms with Crippen LogP contribution in [0.1, 0.15) is 31.1 Å². The van der Waals surface area contributed by atoms with Crippen molar-refractivity contribution in [3.8, 4) is 0 Å². The summed E-state index contributed by atoms with van der Waals surface area (Å²) >= 11 is 1.26. The first-order valence-electron chi connectivity index (χ1n) is 5.46. The quantitative estimate of drug-likeness (QED) is 0.672. The van der Waals surface area contributed by atoms with E-state index in [1.807, 2.05) is 0 Å². The van der Waals surface area contributed by atoms with Crippen LogP contribution in [0.5, 0.6) is 0 Å². The summed E-state index contributed by atoms with van der Waals surface area (Å²) in [6.07, 6.45) is 0. The molecule has 0 aliphatic heterocycles. The Balaban J connectivity index is 2.56. The minimum atomic E-state index is -0.977. The van der Waals surface area contributed by atoms with Gasteiger partial charge in [-0.15, -0.1) is 11.8 Å². The summed E-state index contributed by atoms with van der Waals surface area (Å²) in [7, 11) is 0. The number of rotatable bonds is 4. The van der Waals surface area contributed by atoms with Crippen LogP contribution in [0, 0.1) is 0 Å². The second-order valence-corrected chi connectivity index (χ2v) is 5.76. The summed E-state index contributed by atoms with van der Waals surface area (Å²) in [5, 5.41) is 8.84. The molecule has 0 bridgehead atoms. The van der Waals surface area contributed by atoms with Crippen LogP contribution in [0.3, 0.4) is 0 Å². The summed E-state index contributed by atoms with van der Waals surface area (Å²) < 4.78 is 5.16. The molecular formula is C13H16O4S. The fraction of sp³-hybridized carbons (Fsp3) is 0.385. The molecule has 0 spiro atoms. The zero-order chi connectivity index (χ0) is 13.8. The van der Waals surface area contributed by atoms with E-state index in [1.165, 1.54) is 23.9 Å². The summed E-state index contributed by atoms with van der Waals surface area (Å²) in [5.74, 6) is -1.12. The lowest BCUT2D eigenvalue weighted by atomic mass is 10.2. The van der Waals surface area contributed by atoms with Crippen LogP contribution in [-0.2, 0) is 9.53 Å². The number of hydrogen-bond acceptors (Lipinski definition) is 4. The van der Waals surface area contributed by atoms with Gasteiger partial charge in [0.15, 0.2) is 0 Å². The van der Waals surface area contributed by atoms with Crippen LogP contribution in [0.15, 0.2) is 29.2 Å². The van der Waals surface area contributed by atoms with E-state index >= 15 is 0 Å². The molecule has 0 atom stereocenters. The molecule has 1 rings (SSSR count). The molecule has 0 aromatic heterocycles. The molecule has 0 heterocycles. The van der Waals surface area contributed by atoms with Gasteiger partial charge in [-0.05, 0) is 39.0 Å². The number of carboxylic acid groups (broad SMARTS) is 1. The first-order valence-corrected chi connectivity index (χ1v) is 6.44. The van der Waals surface area contributed by atoms with Gasteiger partial charge in [-0.2, -0.15) is 0 Å². The van der Waals surface area contributed by atoms with Crippen molar-refractivity contribution in [2.24, 2.45) is 0 Å². The van der Waals surface area contributed by atoms with Gasteiger partial charge in [-0.3, -0.25) is 4.79 Å². The van der Waals surface area contributed by atoms with Gasteiger partial charge in [-0.25, -0.2) is 4.79 Å². The second-order valence-electron chi connectivity index (χ2n) is 4.71. The molecule has 1 aromatic carbocycles. The average Bonchev–Trinajstić information content (AvgIpc) is 2.24. The second kappa shape index (κ2) is 5.91. The first kappa shape index (κ1) is 14.6. The van der Waals surface area contributed by atoms with Crippen LogP contribution in [0.2, 0.25) is 0 Å². The Morgan fingerprint density at radius 2 is 2.00 bits per heavy atom. The predicted molar refractivity (Wildman–Crippen MR) is 70.0 cm³/mol. The van der Waals surface area contributed by atoms with Crippen molar-refractivity contribution < 1.29 is 19.4 Å². The number of esters is 1. The Labute approximate surface area is 110 Å². The standard InChI is InChI=1S/C13H16O4S/c1-13(2,3)17-11(14)8-18-10-6-4-5-9(7-10)12(15)16/h4-7H,8H2,1-3H3,(H,15,16). The lowest BCUT2D eigenvalue weighted by Gasteiger charge is -2.19. The van der Waals surface area contributed by atoms with Crippen molar-refractivity contribution in [3.63, 3.8) is 0 Å². The Hall–Kier alpha value is -1.49. The zero-order valence-electron chi connectivity index (χ0n) is 10.6. The molecular weight excluding hydrogens is 252 g/mol. The van der Waals surface area contributed by atoms with Crippen molar-refractivity contribution in [1.82, 2.24) is 0 Å². The minimum Gasteiger partial charge on any atom is -0.478 e. The maximum absolute atomic E-state index is 11.5. The van der Waals surface area contributed by atoms with Gasteiger partial charge in [0.2, 0.25) is 0 Å². The zero-order valence-corrected chi connectivity index (χ0v) is 11.4. The molecule has 0 fully saturated rings. The lowest BCUT2D eigenvalue weighted by molar-refractivity contribution is -0.151. The SMILES string of the molecule is CC(C)(C)OC(=O)CSc1cccc(C(=O)O)c1. The first-order chi connectivity index (χ1) is 8.28. The number of ether oxygens (including phenoxy) is 1. The Kier molecular flexibility index (Phi) is 4.78. The highest BCUT2D eigenvalue weighted by molar-refractivity contribution is 8.00. The van der Waals surface area contributed by atoms with Gasteiger partial charge in [-0.1, -0.05) is 6.07 Å². The minimum absolute atomic E-state index is 0.167. The van der Waals surface area contributed by atoms with E-state index in [0.29, 0.717) is 0 Å². The number of carbonyl (C=O) groups is 2. The van der Waals surface area contributed by atoms with Crippen LogP contribution in [0.25, 0.3) is 0 Å². The molecule has 0 aliphatic carbocycles. The Morgan fingerprint density at radius 3 is 2.56 bits per heavy atom. The fourth-order valence-corrected chi connectivity index (χ4v) is 1.96. The molecule has 4 nitrogen and oxygen atoms in total. The molecule has 5 heteroatoms. The number of thioether (sulfide) groups is 1. The summed E-state index contributed by atoms with van der Waals surface area (Å²) in [6.45, 7) is 5.42. The van der Waals surface area contributed by atoms with E-state index in [9.17, 15) is 9.59 Å². The molecule has 18 heavy (non-hydrogen) atoms. The Bertz CT molecular complexity index is 449. The number of carbonyl (C=O) groups excluding carboxylic acids is 1. The largest absolute Gasteiger partial charge is 0.478 e. The van der Waals surface area contributed by atoms with E-state index in [4.69, 9.17) is 9.84 Å². The van der Waals surface area contributed by atoms with E-state index in [0.717, 1.165) is 4.90 Å². The molecule has 0 radical (unpaired) electrons. The third-order valence-electron chi connectivity index (χ3n) is 1.86. The third kappa shape index (κ3) is 5.23. The number of aromatic carboxylic acids is 1. The van der Waals surface area contributed by atoms with Crippen molar-refractivity contribution in [3.05, 3.63) is 29.8 Å². The van der Waals surface area contributed by atoms with E-state index < -0.39 is 11.6 Å². The van der Waals surface area contributed by atoms with Crippen molar-refractivity contribution in [1.29, 1.82) is 0 Å². The fourth-order valence-electron chi connectivity index (χ4n) is 1.23. The topological polar surface area (TPSA) is 63.6 Å². The summed E-state index contributed by atoms with van der Waals surface area (Å²) in [4.78, 5) is 23.0. The monoisotopic (exact) mass is 268 g/mol. The molecule has 1 N–H and O–H groups in total. The predicted octanol–water partition coefficient (Wildman–Crippen LogP) is 2.82. The number of benzene rings is 1. The van der Waals surface area contributed by atoms with Gasteiger partial charge in [0.25, 0.3) is 0 Å². The van der Waals surface area contributed by atoms with Crippen LogP contribution >= 0.6 is 11.8 Å².